The van der Waals surface area contributed by atoms with Crippen molar-refractivity contribution >= 4 is 34.5 Å². The van der Waals surface area contributed by atoms with Crippen molar-refractivity contribution in [3.8, 4) is 5.75 Å². The molecule has 0 radical (unpaired) electrons. The van der Waals surface area contributed by atoms with Gasteiger partial charge >= 0.3 is 0 Å². The van der Waals surface area contributed by atoms with Crippen LogP contribution in [0.2, 0.25) is 5.02 Å². The van der Waals surface area contributed by atoms with Crippen molar-refractivity contribution in [2.75, 3.05) is 117 Å². The van der Waals surface area contributed by atoms with Gasteiger partial charge < -0.3 is 46.4 Å². The minimum absolute atomic E-state index is 0.483. The van der Waals surface area contributed by atoms with E-state index in [0.717, 1.165) is 135 Å². The van der Waals surface area contributed by atoms with Crippen LogP contribution in [0.3, 0.4) is 0 Å². The Hall–Kier alpha value is -2.88. The number of ether oxygens (including phenoxy) is 1. The lowest BCUT2D eigenvalue weighted by Crippen LogP contribution is -2.36. The fraction of sp³-hybridized carbons (Fsp3) is 0.578. The van der Waals surface area contributed by atoms with E-state index >= 15 is 0 Å². The van der Waals surface area contributed by atoms with Crippen LogP contribution in [-0.2, 0) is 13.1 Å². The number of aryl methyl sites for hydroxylation is 1. The van der Waals surface area contributed by atoms with Crippen LogP contribution < -0.4 is 42.0 Å². The van der Waals surface area contributed by atoms with Gasteiger partial charge in [0.05, 0.1) is 16.8 Å². The molecule has 0 amide bonds. The molecule has 0 unspecified atom stereocenters. The van der Waals surface area contributed by atoms with Gasteiger partial charge in [-0.25, -0.2) is 0 Å². The van der Waals surface area contributed by atoms with Gasteiger partial charge in [-0.05, 0) is 134 Å². The normalized spacial score (nSPS) is 18.1. The van der Waals surface area contributed by atoms with Crippen molar-refractivity contribution in [2.24, 2.45) is 0 Å². The van der Waals surface area contributed by atoms with Crippen LogP contribution >= 0.6 is 23.8 Å². The van der Waals surface area contributed by atoms with Crippen LogP contribution in [0.15, 0.2) is 70.9 Å². The maximum atomic E-state index is 6.15. The molecule has 1 aromatic heterocycles. The van der Waals surface area contributed by atoms with Crippen LogP contribution in [0.4, 0.5) is 5.69 Å². The highest BCUT2D eigenvalue weighted by molar-refractivity contribution is 7.81. The second-order valence-electron chi connectivity index (χ2n) is 15.4. The highest BCUT2D eigenvalue weighted by atomic mass is 35.5. The van der Waals surface area contributed by atoms with E-state index in [0.29, 0.717) is 22.4 Å². The summed E-state index contributed by atoms with van der Waals surface area (Å²) in [7, 11) is 0. The quantitative estimate of drug-likeness (QED) is 0.105. The number of benzene rings is 2. The smallest absolute Gasteiger partial charge is 0.140 e. The summed E-state index contributed by atoms with van der Waals surface area (Å²) in [4.78, 5) is 5.83. The largest absolute Gasteiger partial charge is 0.488 e. The standard InChI is InChI=1S/C28H54N8.C17H18ClNO2S/c1-9-29-15-17-31-13-3-21-35(23-19-33-11-1)25-27-5-7-28(8-6-27)26-36-22-4-14-32-18-16-30-10-2-12-34-20-24-36;1-11(2)6-8-21-16-10-13(4-5-15(16)18)19-17(22)14-7-9-20-12(14)3/h5-8,29-34H,1-4,9-26H2;4-7,9-10H,8H2,1-3H3,(H,19,22). The SMILES string of the molecule is CC(C)=CCOc1cc(NC(=S)c2ccoc2C)ccc1Cl.c1cc(CN2CCCNCCNCCCNCC2)ccc1CN1CCCNCCNCCCNCC1. The fourth-order valence-corrected chi connectivity index (χ4v) is 7.23. The number of hydrogen-bond donors (Lipinski definition) is 7. The van der Waals surface area contributed by atoms with E-state index in [1.54, 1.807) is 12.3 Å². The molecular weight excluding hydrogens is 766 g/mol. The first-order valence-electron chi connectivity index (χ1n) is 21.6. The molecule has 3 aromatic rings. The van der Waals surface area contributed by atoms with Gasteiger partial charge in [0.15, 0.2) is 0 Å². The van der Waals surface area contributed by atoms with Gasteiger partial charge in [-0.15, -0.1) is 0 Å². The Balaban J connectivity index is 0.000000289. The molecule has 322 valence electrons. The number of halogens is 1. The molecule has 0 aliphatic carbocycles. The minimum Gasteiger partial charge on any atom is -0.488 e. The molecule has 11 nitrogen and oxygen atoms in total. The molecule has 13 heteroatoms. The molecule has 7 N–H and O–H groups in total. The Kier molecular flexibility index (Phi) is 24.2. The second-order valence-corrected chi connectivity index (χ2v) is 16.2. The summed E-state index contributed by atoms with van der Waals surface area (Å²) in [6, 6.07) is 16.7. The monoisotopic (exact) mass is 838 g/mol. The summed E-state index contributed by atoms with van der Waals surface area (Å²) in [6.45, 7) is 26.0. The summed E-state index contributed by atoms with van der Waals surface area (Å²) < 4.78 is 10.9. The van der Waals surface area contributed by atoms with Gasteiger partial charge in [0, 0.05) is 77.2 Å². The van der Waals surface area contributed by atoms with Crippen molar-refractivity contribution in [1.29, 1.82) is 0 Å². The molecule has 3 heterocycles. The molecule has 2 fully saturated rings. The number of furan rings is 1. The Bertz CT molecular complexity index is 1500. The fourth-order valence-electron chi connectivity index (χ4n) is 6.73. The number of thiocarbonyl (C=S) groups is 1. The van der Waals surface area contributed by atoms with Crippen LogP contribution in [0, 0.1) is 6.92 Å². The molecule has 2 aromatic carbocycles. The number of nitrogens with zero attached hydrogens (tertiary/aromatic N) is 2. The lowest BCUT2D eigenvalue weighted by atomic mass is 10.1. The van der Waals surface area contributed by atoms with E-state index in [2.05, 4.69) is 71.3 Å². The van der Waals surface area contributed by atoms with Gasteiger partial charge in [0.25, 0.3) is 0 Å². The van der Waals surface area contributed by atoms with Crippen LogP contribution in [-0.4, -0.2) is 126 Å². The maximum Gasteiger partial charge on any atom is 0.140 e. The van der Waals surface area contributed by atoms with E-state index in [9.17, 15) is 0 Å². The minimum atomic E-state index is 0.483. The zero-order valence-corrected chi connectivity index (χ0v) is 37.1. The van der Waals surface area contributed by atoms with Gasteiger partial charge in [0.2, 0.25) is 0 Å². The zero-order chi connectivity index (χ0) is 41.0. The number of rotatable bonds is 9. The van der Waals surface area contributed by atoms with Crippen LogP contribution in [0.1, 0.15) is 62.0 Å². The number of anilines is 1. The maximum absolute atomic E-state index is 6.15. The van der Waals surface area contributed by atoms with E-state index < -0.39 is 0 Å². The molecule has 0 spiro atoms. The molecule has 2 aliphatic rings. The lowest BCUT2D eigenvalue weighted by molar-refractivity contribution is 0.258. The molecular formula is C45H72ClN9O2S. The van der Waals surface area contributed by atoms with Gasteiger partial charge in [-0.1, -0.05) is 53.7 Å². The van der Waals surface area contributed by atoms with E-state index in [1.807, 2.05) is 45.0 Å². The van der Waals surface area contributed by atoms with E-state index in [-0.39, 0.29) is 0 Å². The lowest BCUT2D eigenvalue weighted by Gasteiger charge is -2.24. The third-order valence-corrected chi connectivity index (χ3v) is 10.7. The van der Waals surface area contributed by atoms with Crippen molar-refractivity contribution in [3.63, 3.8) is 0 Å². The molecule has 2 aliphatic heterocycles. The summed E-state index contributed by atoms with van der Waals surface area (Å²) in [6.07, 6.45) is 8.41. The predicted octanol–water partition coefficient (Wildman–Crippen LogP) is 5.79. The highest BCUT2D eigenvalue weighted by Crippen LogP contribution is 2.28. The van der Waals surface area contributed by atoms with Crippen molar-refractivity contribution in [2.45, 2.75) is 59.5 Å². The summed E-state index contributed by atoms with van der Waals surface area (Å²) in [5.74, 6) is 1.40. The number of allylic oxidation sites excluding steroid dienone is 1. The average Bonchev–Trinajstić information content (AvgIpc) is 3.65. The van der Waals surface area contributed by atoms with Gasteiger partial charge in [0.1, 0.15) is 23.1 Å². The Morgan fingerprint density at radius 2 is 1.19 bits per heavy atom. The number of nitrogens with one attached hydrogen (secondary N) is 7. The summed E-state index contributed by atoms with van der Waals surface area (Å²) in [5, 5.41) is 25.2. The first-order chi connectivity index (χ1) is 28.4. The molecule has 0 atom stereocenters. The molecule has 0 bridgehead atoms. The molecule has 0 saturated carbocycles. The van der Waals surface area contributed by atoms with Crippen LogP contribution in [0.5, 0.6) is 5.75 Å². The van der Waals surface area contributed by atoms with Crippen molar-refractivity contribution in [3.05, 3.63) is 93.9 Å². The van der Waals surface area contributed by atoms with Crippen molar-refractivity contribution < 1.29 is 9.15 Å². The number of hydrogen-bond acceptors (Lipinski definition) is 11. The highest BCUT2D eigenvalue weighted by Gasteiger charge is 2.11. The molecule has 58 heavy (non-hydrogen) atoms. The van der Waals surface area contributed by atoms with Crippen LogP contribution in [0.25, 0.3) is 0 Å². The summed E-state index contributed by atoms with van der Waals surface area (Å²) >= 11 is 11.5. The third-order valence-electron chi connectivity index (χ3n) is 10.1. The Morgan fingerprint density at radius 1 is 0.690 bits per heavy atom. The zero-order valence-electron chi connectivity index (χ0n) is 35.5. The molecule has 2 saturated heterocycles. The first kappa shape index (κ1) is 47.8. The predicted molar refractivity (Wildman–Crippen MR) is 248 cm³/mol. The first-order valence-corrected chi connectivity index (χ1v) is 22.3. The summed E-state index contributed by atoms with van der Waals surface area (Å²) in [5.41, 5.74) is 5.75. The Morgan fingerprint density at radius 3 is 1.67 bits per heavy atom. The van der Waals surface area contributed by atoms with Gasteiger partial charge in [-0.2, -0.15) is 0 Å². The second kappa shape index (κ2) is 29.4. The van der Waals surface area contributed by atoms with E-state index in [1.165, 1.54) is 42.4 Å². The molecule has 5 rings (SSSR count). The van der Waals surface area contributed by atoms with E-state index in [4.69, 9.17) is 33.0 Å². The van der Waals surface area contributed by atoms with Crippen molar-refractivity contribution in [1.82, 2.24) is 41.7 Å². The average molecular weight is 839 g/mol. The van der Waals surface area contributed by atoms with Gasteiger partial charge in [-0.3, -0.25) is 9.80 Å². The Labute approximate surface area is 359 Å². The third kappa shape index (κ3) is 20.4. The topological polar surface area (TPSA) is 113 Å².